The smallest absolute Gasteiger partial charge is 0.281 e. The van der Waals surface area contributed by atoms with E-state index in [2.05, 4.69) is 40.5 Å². The molecule has 2 aromatic heterocycles. The summed E-state index contributed by atoms with van der Waals surface area (Å²) in [6, 6.07) is 12.1. The van der Waals surface area contributed by atoms with Crippen LogP contribution in [-0.2, 0) is 11.3 Å². The Morgan fingerprint density at radius 3 is 2.81 bits per heavy atom. The minimum atomic E-state index is -0.237. The summed E-state index contributed by atoms with van der Waals surface area (Å²) in [6.45, 7) is 5.41. The predicted molar refractivity (Wildman–Crippen MR) is 109 cm³/mol. The van der Waals surface area contributed by atoms with Gasteiger partial charge >= 0.3 is 0 Å². The first-order valence-corrected chi connectivity index (χ1v) is 9.65. The van der Waals surface area contributed by atoms with Crippen molar-refractivity contribution < 1.29 is 9.53 Å². The van der Waals surface area contributed by atoms with Gasteiger partial charge in [-0.3, -0.25) is 4.79 Å². The number of carbonyl (C=O) groups is 1. The van der Waals surface area contributed by atoms with Crippen LogP contribution in [0.3, 0.4) is 0 Å². The third-order valence-electron chi connectivity index (χ3n) is 4.83. The summed E-state index contributed by atoms with van der Waals surface area (Å²) >= 11 is 1.54. The van der Waals surface area contributed by atoms with Crippen LogP contribution in [0.1, 0.15) is 21.5 Å². The van der Waals surface area contributed by atoms with E-state index in [1.165, 1.54) is 22.5 Å². The molecule has 138 valence electrons. The van der Waals surface area contributed by atoms with Crippen LogP contribution >= 0.6 is 11.3 Å². The highest BCUT2D eigenvalue weighted by atomic mass is 32.1. The molecule has 0 unspecified atom stereocenters. The molecular weight excluding hydrogens is 358 g/mol. The number of H-pyrrole nitrogens is 1. The van der Waals surface area contributed by atoms with Gasteiger partial charge < -0.3 is 14.3 Å². The Morgan fingerprint density at radius 2 is 2.00 bits per heavy atom. The fraction of sp³-hybridized carbons (Fsp3) is 0.238. The monoisotopic (exact) mass is 379 g/mol. The van der Waals surface area contributed by atoms with Gasteiger partial charge in [-0.25, -0.2) is 0 Å². The Kier molecular flexibility index (Phi) is 4.68. The van der Waals surface area contributed by atoms with E-state index in [9.17, 15) is 4.79 Å². The lowest BCUT2D eigenvalue weighted by Crippen LogP contribution is -2.19. The highest BCUT2D eigenvalue weighted by Crippen LogP contribution is 2.23. The average Bonchev–Trinajstić information content (AvgIpc) is 3.22. The van der Waals surface area contributed by atoms with Gasteiger partial charge in [0.1, 0.15) is 0 Å². The molecule has 2 heterocycles. The van der Waals surface area contributed by atoms with Gasteiger partial charge in [0.05, 0.1) is 22.4 Å². The zero-order valence-corrected chi connectivity index (χ0v) is 16.4. The fourth-order valence-electron chi connectivity index (χ4n) is 3.20. The molecular formula is C21H21N3O2S. The number of rotatable bonds is 4. The molecule has 0 bridgehead atoms. The lowest BCUT2D eigenvalue weighted by molar-refractivity contribution is 0.0999. The maximum atomic E-state index is 12.9. The van der Waals surface area contributed by atoms with Crippen LogP contribution in [0, 0.1) is 13.8 Å². The van der Waals surface area contributed by atoms with E-state index in [-0.39, 0.29) is 5.91 Å². The number of nitrogens with zero attached hydrogens (tertiary/aromatic N) is 2. The molecule has 27 heavy (non-hydrogen) atoms. The first-order chi connectivity index (χ1) is 13.1. The van der Waals surface area contributed by atoms with E-state index in [1.807, 2.05) is 24.3 Å². The Balaban J connectivity index is 1.87. The van der Waals surface area contributed by atoms with Gasteiger partial charge in [0.25, 0.3) is 5.91 Å². The molecule has 0 aliphatic heterocycles. The number of methoxy groups -OCH3 is 1. The molecule has 0 saturated carbocycles. The second kappa shape index (κ2) is 7.13. The summed E-state index contributed by atoms with van der Waals surface area (Å²) in [7, 11) is 1.68. The summed E-state index contributed by atoms with van der Waals surface area (Å²) in [6.07, 6.45) is 1.73. The number of aromatic amines is 1. The molecule has 0 aliphatic rings. The van der Waals surface area contributed by atoms with Crippen molar-refractivity contribution in [2.45, 2.75) is 20.4 Å². The Labute approximate surface area is 160 Å². The highest BCUT2D eigenvalue weighted by molar-refractivity contribution is 7.16. The van der Waals surface area contributed by atoms with Crippen molar-refractivity contribution >= 4 is 38.4 Å². The number of fused-ring (bicyclic) bond motifs is 2. The van der Waals surface area contributed by atoms with Crippen molar-refractivity contribution in [3.05, 3.63) is 64.1 Å². The van der Waals surface area contributed by atoms with Crippen LogP contribution < -0.4 is 4.80 Å². The Bertz CT molecular complexity index is 1210. The van der Waals surface area contributed by atoms with E-state index in [0.717, 1.165) is 21.1 Å². The van der Waals surface area contributed by atoms with Gasteiger partial charge in [0.15, 0.2) is 4.80 Å². The van der Waals surface area contributed by atoms with Crippen molar-refractivity contribution in [1.82, 2.24) is 9.55 Å². The van der Waals surface area contributed by atoms with Crippen LogP contribution in [0.5, 0.6) is 0 Å². The fourth-order valence-corrected chi connectivity index (χ4v) is 4.34. The number of benzene rings is 2. The summed E-state index contributed by atoms with van der Waals surface area (Å²) in [5, 5.41) is 0.891. The van der Waals surface area contributed by atoms with Gasteiger partial charge in [0.2, 0.25) is 0 Å². The van der Waals surface area contributed by atoms with Gasteiger partial charge in [0, 0.05) is 30.8 Å². The molecule has 0 saturated heterocycles. The van der Waals surface area contributed by atoms with Crippen LogP contribution in [-0.4, -0.2) is 29.2 Å². The van der Waals surface area contributed by atoms with Crippen molar-refractivity contribution in [1.29, 1.82) is 0 Å². The molecule has 0 aliphatic carbocycles. The van der Waals surface area contributed by atoms with Crippen LogP contribution in [0.2, 0.25) is 0 Å². The molecule has 0 radical (unpaired) electrons. The minimum absolute atomic E-state index is 0.237. The van der Waals surface area contributed by atoms with Crippen LogP contribution in [0.25, 0.3) is 21.1 Å². The zero-order valence-electron chi connectivity index (χ0n) is 15.6. The number of amides is 1. The molecule has 6 heteroatoms. The Hall–Kier alpha value is -2.70. The summed E-state index contributed by atoms with van der Waals surface area (Å²) in [5.41, 5.74) is 5.07. The molecule has 2 aromatic carbocycles. The quantitative estimate of drug-likeness (QED) is 0.578. The van der Waals surface area contributed by atoms with Crippen molar-refractivity contribution in [3.63, 3.8) is 0 Å². The predicted octanol–water partition coefficient (Wildman–Crippen LogP) is 4.19. The van der Waals surface area contributed by atoms with E-state index in [1.54, 1.807) is 13.3 Å². The largest absolute Gasteiger partial charge is 0.383 e. The number of aryl methyl sites for hydroxylation is 2. The van der Waals surface area contributed by atoms with Crippen LogP contribution in [0.4, 0.5) is 0 Å². The van der Waals surface area contributed by atoms with Crippen LogP contribution in [0.15, 0.2) is 47.6 Å². The maximum Gasteiger partial charge on any atom is 0.281 e. The molecule has 0 fully saturated rings. The number of carbonyl (C=O) groups excluding carboxylic acids is 1. The van der Waals surface area contributed by atoms with Gasteiger partial charge in [-0.05, 0) is 43.2 Å². The molecule has 1 N–H and O–H groups in total. The van der Waals surface area contributed by atoms with E-state index >= 15 is 0 Å². The summed E-state index contributed by atoms with van der Waals surface area (Å²) in [4.78, 5) is 21.2. The van der Waals surface area contributed by atoms with E-state index in [0.29, 0.717) is 23.5 Å². The van der Waals surface area contributed by atoms with Gasteiger partial charge in [-0.1, -0.05) is 29.5 Å². The topological polar surface area (TPSA) is 59.4 Å². The minimum Gasteiger partial charge on any atom is -0.383 e. The first-order valence-electron chi connectivity index (χ1n) is 8.83. The second-order valence-corrected chi connectivity index (χ2v) is 7.61. The summed E-state index contributed by atoms with van der Waals surface area (Å²) < 4.78 is 8.46. The molecule has 0 spiro atoms. The number of hydrogen-bond donors (Lipinski definition) is 1. The van der Waals surface area contributed by atoms with E-state index < -0.39 is 0 Å². The lowest BCUT2D eigenvalue weighted by Gasteiger charge is -2.06. The second-order valence-electron chi connectivity index (χ2n) is 6.60. The maximum absolute atomic E-state index is 12.9. The zero-order chi connectivity index (χ0) is 19.0. The molecule has 4 aromatic rings. The molecule has 5 nitrogen and oxygen atoms in total. The molecule has 4 rings (SSSR count). The van der Waals surface area contributed by atoms with Gasteiger partial charge in [-0.15, -0.1) is 0 Å². The van der Waals surface area contributed by atoms with Crippen molar-refractivity contribution in [2.75, 3.05) is 13.7 Å². The van der Waals surface area contributed by atoms with Gasteiger partial charge in [-0.2, -0.15) is 4.99 Å². The molecule has 1 amide bonds. The number of ether oxygens (including phenoxy) is 1. The number of hydrogen-bond acceptors (Lipinski definition) is 3. The Morgan fingerprint density at radius 1 is 1.22 bits per heavy atom. The first kappa shape index (κ1) is 17.7. The number of aromatic nitrogens is 2. The SMILES string of the molecule is COCCn1c(=NC(=O)c2c[nH]c3ccccc23)sc2cc(C)c(C)cc21. The highest BCUT2D eigenvalue weighted by Gasteiger charge is 2.13. The standard InChI is InChI=1S/C21H21N3O2S/c1-13-10-18-19(11-14(13)2)27-21(24(18)8-9-26-3)23-20(25)16-12-22-17-7-5-4-6-15(16)17/h4-7,10-12,22H,8-9H2,1-3H3. The normalized spacial score (nSPS) is 12.3. The number of thiazole rings is 1. The van der Waals surface area contributed by atoms with E-state index in [4.69, 9.17) is 4.74 Å². The third kappa shape index (κ3) is 3.22. The lowest BCUT2D eigenvalue weighted by atomic mass is 10.1. The third-order valence-corrected chi connectivity index (χ3v) is 5.88. The number of nitrogens with one attached hydrogen (secondary N) is 1. The van der Waals surface area contributed by atoms with Crippen molar-refractivity contribution in [3.8, 4) is 0 Å². The number of para-hydroxylation sites is 1. The summed E-state index contributed by atoms with van der Waals surface area (Å²) in [5.74, 6) is -0.237. The van der Waals surface area contributed by atoms with Crippen molar-refractivity contribution in [2.24, 2.45) is 4.99 Å². The average molecular weight is 379 g/mol. The molecule has 0 atom stereocenters.